The summed E-state index contributed by atoms with van der Waals surface area (Å²) in [5, 5.41) is 2.38. The van der Waals surface area contributed by atoms with Crippen LogP contribution >= 0.6 is 11.6 Å². The maximum absolute atomic E-state index is 8.21. The fourth-order valence-electron chi connectivity index (χ4n) is 2.20. The number of halogens is 1. The summed E-state index contributed by atoms with van der Waals surface area (Å²) < 4.78 is 38.3. The van der Waals surface area contributed by atoms with Crippen LogP contribution in [0.1, 0.15) is 5.48 Å². The quantitative estimate of drug-likeness (QED) is 0.411. The Bertz CT molecular complexity index is 1080. The van der Waals surface area contributed by atoms with Crippen LogP contribution in [0.3, 0.4) is 0 Å². The number of furan rings is 1. The van der Waals surface area contributed by atoms with Crippen LogP contribution in [-0.2, 0) is 0 Å². The summed E-state index contributed by atoms with van der Waals surface area (Å²) in [5.74, 6) is 0. The Balaban J connectivity index is 2.45. The van der Waals surface area contributed by atoms with Gasteiger partial charge in [0.2, 0.25) is 0 Å². The minimum absolute atomic E-state index is 0.0240. The van der Waals surface area contributed by atoms with Crippen LogP contribution in [0.2, 0.25) is 5.02 Å². The molecule has 0 saturated carbocycles. The number of rotatable bonds is 0. The van der Waals surface area contributed by atoms with Crippen molar-refractivity contribution in [3.8, 4) is 0 Å². The Morgan fingerprint density at radius 1 is 0.944 bits per heavy atom. The van der Waals surface area contributed by atoms with E-state index in [0.29, 0.717) is 32.2 Å². The summed E-state index contributed by atoms with van der Waals surface area (Å²) in [6, 6.07) is 8.50. The Kier molecular flexibility index (Phi) is 1.32. The fourth-order valence-corrected chi connectivity index (χ4v) is 2.37. The van der Waals surface area contributed by atoms with Crippen LogP contribution in [0.25, 0.3) is 32.7 Å². The van der Waals surface area contributed by atoms with Gasteiger partial charge in [-0.3, -0.25) is 0 Å². The van der Waals surface area contributed by atoms with Crippen LogP contribution in [0.15, 0.2) is 58.9 Å². The normalized spacial score (nSPS) is 14.7. The molecule has 0 atom stereocenters. The summed E-state index contributed by atoms with van der Waals surface area (Å²) in [7, 11) is 0. The topological polar surface area (TPSA) is 13.1 Å². The standard InChI is InChI=1S/C16H9ClO/c17-11-6-7-12-10(9-11)5-8-15-16(12)13-3-1-2-4-14(13)18-15/h1-9H/i3D,5D,7D,8D. The average molecular weight is 257 g/mol. The van der Waals surface area contributed by atoms with Gasteiger partial charge in [-0.05, 0) is 35.0 Å². The lowest BCUT2D eigenvalue weighted by Crippen LogP contribution is -1.74. The summed E-state index contributed by atoms with van der Waals surface area (Å²) in [5.41, 5.74) is 0.722. The van der Waals surface area contributed by atoms with E-state index in [-0.39, 0.29) is 29.8 Å². The van der Waals surface area contributed by atoms with Gasteiger partial charge in [0.1, 0.15) is 11.2 Å². The van der Waals surface area contributed by atoms with Gasteiger partial charge in [0, 0.05) is 15.8 Å². The first kappa shape index (κ1) is 6.81. The third-order valence-electron chi connectivity index (χ3n) is 2.97. The van der Waals surface area contributed by atoms with Gasteiger partial charge in [-0.25, -0.2) is 0 Å². The molecule has 0 N–H and O–H groups in total. The molecule has 0 radical (unpaired) electrons. The lowest BCUT2D eigenvalue weighted by molar-refractivity contribution is 0.669. The van der Waals surface area contributed by atoms with Crippen LogP contribution in [0, 0.1) is 0 Å². The van der Waals surface area contributed by atoms with Crippen molar-refractivity contribution in [3.63, 3.8) is 0 Å². The molecule has 4 rings (SSSR count). The van der Waals surface area contributed by atoms with E-state index in [0.717, 1.165) is 0 Å². The molecule has 0 amide bonds. The molecule has 86 valence electrons. The Labute approximate surface area is 114 Å². The van der Waals surface area contributed by atoms with Gasteiger partial charge < -0.3 is 4.42 Å². The van der Waals surface area contributed by atoms with Crippen LogP contribution in [0.4, 0.5) is 0 Å². The molecule has 1 nitrogen and oxygen atoms in total. The molecule has 1 heterocycles. The highest BCUT2D eigenvalue weighted by molar-refractivity contribution is 6.32. The van der Waals surface area contributed by atoms with E-state index in [1.165, 1.54) is 6.07 Å². The number of fused-ring (bicyclic) bond motifs is 5. The molecule has 0 aliphatic heterocycles. The molecule has 2 heteroatoms. The molecule has 0 fully saturated rings. The van der Waals surface area contributed by atoms with Crippen molar-refractivity contribution in [1.29, 1.82) is 0 Å². The van der Waals surface area contributed by atoms with Crippen molar-refractivity contribution in [2.45, 2.75) is 0 Å². The van der Waals surface area contributed by atoms with Crippen molar-refractivity contribution in [2.24, 2.45) is 0 Å². The highest BCUT2D eigenvalue weighted by Gasteiger charge is 2.09. The van der Waals surface area contributed by atoms with Crippen molar-refractivity contribution in [3.05, 3.63) is 59.5 Å². The van der Waals surface area contributed by atoms with E-state index in [4.69, 9.17) is 21.5 Å². The van der Waals surface area contributed by atoms with Gasteiger partial charge >= 0.3 is 0 Å². The number of hydrogen-bond donors (Lipinski definition) is 0. The van der Waals surface area contributed by atoms with Gasteiger partial charge in [-0.2, -0.15) is 0 Å². The molecule has 0 saturated heterocycles. The van der Waals surface area contributed by atoms with Gasteiger partial charge in [-0.15, -0.1) is 0 Å². The van der Waals surface area contributed by atoms with E-state index in [2.05, 4.69) is 0 Å². The highest BCUT2D eigenvalue weighted by atomic mass is 35.5. The summed E-state index contributed by atoms with van der Waals surface area (Å²) in [6.45, 7) is 0. The van der Waals surface area contributed by atoms with Gasteiger partial charge in [0.25, 0.3) is 0 Å². The highest BCUT2D eigenvalue weighted by Crippen LogP contribution is 2.35. The molecule has 0 bridgehead atoms. The first-order valence-corrected chi connectivity index (χ1v) is 5.87. The van der Waals surface area contributed by atoms with Crippen molar-refractivity contribution >= 4 is 44.3 Å². The largest absolute Gasteiger partial charge is 0.456 e. The molecule has 18 heavy (non-hydrogen) atoms. The SMILES string of the molecule is [2H]c1c([2H])c2oc3cccc([2H])c3c2c2c([2H])cc(Cl)cc12. The summed E-state index contributed by atoms with van der Waals surface area (Å²) in [4.78, 5) is 0. The molecule has 3 aromatic carbocycles. The molecule has 4 aromatic rings. The minimum atomic E-state index is -0.0558. The molecular weight excluding hydrogens is 244 g/mol. The Morgan fingerprint density at radius 3 is 2.83 bits per heavy atom. The predicted octanol–water partition coefficient (Wildman–Crippen LogP) is 5.39. The number of benzene rings is 3. The number of hydrogen-bond acceptors (Lipinski definition) is 1. The second-order valence-corrected chi connectivity index (χ2v) is 4.51. The molecular formula is C16H9ClO. The fraction of sp³-hybridized carbons (Fsp3) is 0. The van der Waals surface area contributed by atoms with Crippen LogP contribution in [-0.4, -0.2) is 0 Å². The maximum Gasteiger partial charge on any atom is 0.136 e. The molecule has 0 spiro atoms. The van der Waals surface area contributed by atoms with E-state index >= 15 is 0 Å². The van der Waals surface area contributed by atoms with Gasteiger partial charge in [0.05, 0.1) is 5.48 Å². The molecule has 0 unspecified atom stereocenters. The first-order chi connectivity index (χ1) is 10.5. The van der Waals surface area contributed by atoms with Gasteiger partial charge in [-0.1, -0.05) is 41.9 Å². The third kappa shape index (κ3) is 1.28. The average Bonchev–Trinajstić information content (AvgIpc) is 2.85. The van der Waals surface area contributed by atoms with E-state index < -0.39 is 0 Å². The second kappa shape index (κ2) is 3.50. The van der Waals surface area contributed by atoms with Crippen LogP contribution in [0.5, 0.6) is 0 Å². The van der Waals surface area contributed by atoms with Crippen molar-refractivity contribution in [2.75, 3.05) is 0 Å². The maximum atomic E-state index is 8.21. The first-order valence-electron chi connectivity index (χ1n) is 7.50. The lowest BCUT2D eigenvalue weighted by Gasteiger charge is -2.00. The van der Waals surface area contributed by atoms with Crippen molar-refractivity contribution in [1.82, 2.24) is 0 Å². The van der Waals surface area contributed by atoms with Gasteiger partial charge in [0.15, 0.2) is 0 Å². The zero-order chi connectivity index (χ0) is 15.6. The second-order valence-electron chi connectivity index (χ2n) is 4.07. The van der Waals surface area contributed by atoms with Crippen molar-refractivity contribution < 1.29 is 9.90 Å². The van der Waals surface area contributed by atoms with E-state index in [1.54, 1.807) is 24.3 Å². The molecule has 0 aliphatic carbocycles. The third-order valence-corrected chi connectivity index (χ3v) is 3.19. The summed E-state index contributed by atoms with van der Waals surface area (Å²) in [6.07, 6.45) is 0. The Hall–Kier alpha value is -1.99. The Morgan fingerprint density at radius 2 is 1.89 bits per heavy atom. The zero-order valence-electron chi connectivity index (χ0n) is 13.2. The lowest BCUT2D eigenvalue weighted by atomic mass is 10.0. The minimum Gasteiger partial charge on any atom is -0.456 e. The van der Waals surface area contributed by atoms with E-state index in [9.17, 15) is 0 Å². The smallest absolute Gasteiger partial charge is 0.136 e. The predicted molar refractivity (Wildman–Crippen MR) is 76.2 cm³/mol. The number of para-hydroxylation sites is 1. The van der Waals surface area contributed by atoms with Crippen LogP contribution < -0.4 is 0 Å². The van der Waals surface area contributed by atoms with E-state index in [1.807, 2.05) is 0 Å². The summed E-state index contributed by atoms with van der Waals surface area (Å²) >= 11 is 6.00. The molecule has 0 aliphatic rings. The molecule has 1 aromatic heterocycles. The monoisotopic (exact) mass is 256 g/mol. The zero-order valence-corrected chi connectivity index (χ0v) is 9.93.